The molecule has 0 spiro atoms. The molecule has 1 aliphatic rings. The summed E-state index contributed by atoms with van der Waals surface area (Å²) in [6.45, 7) is 4.12. The number of piperidine rings is 1. The second kappa shape index (κ2) is 9.02. The summed E-state index contributed by atoms with van der Waals surface area (Å²) in [6.07, 6.45) is 1.43. The number of hydrogen-bond donors (Lipinski definition) is 0. The van der Waals surface area contributed by atoms with Crippen LogP contribution in [0, 0.1) is 0 Å². The zero-order valence-electron chi connectivity index (χ0n) is 16.6. The zero-order chi connectivity index (χ0) is 20.0. The third-order valence-electron chi connectivity index (χ3n) is 5.49. The third kappa shape index (κ3) is 4.09. The maximum atomic E-state index is 13.0. The molecule has 3 rings (SSSR count). The number of esters is 1. The Bertz CT molecular complexity index is 784. The van der Waals surface area contributed by atoms with Gasteiger partial charge in [0.15, 0.2) is 0 Å². The summed E-state index contributed by atoms with van der Waals surface area (Å²) in [5, 5.41) is 0. The molecule has 1 aliphatic heterocycles. The van der Waals surface area contributed by atoms with Crippen molar-refractivity contribution in [3.05, 3.63) is 66.2 Å². The normalized spacial score (nSPS) is 16.4. The summed E-state index contributed by atoms with van der Waals surface area (Å²) in [6, 6.07) is 19.8. The van der Waals surface area contributed by atoms with Crippen LogP contribution in [-0.2, 0) is 20.9 Å². The van der Waals surface area contributed by atoms with Crippen LogP contribution in [0.1, 0.15) is 31.7 Å². The minimum Gasteiger partial charge on any atom is -0.467 e. The highest BCUT2D eigenvalue weighted by Gasteiger charge is 2.49. The van der Waals surface area contributed by atoms with Crippen LogP contribution in [0.4, 0.5) is 5.69 Å². The van der Waals surface area contributed by atoms with E-state index in [1.54, 1.807) is 4.90 Å². The maximum Gasteiger partial charge on any atom is 0.332 e. The van der Waals surface area contributed by atoms with E-state index in [1.165, 1.54) is 12.7 Å². The lowest BCUT2D eigenvalue weighted by Crippen LogP contribution is -2.62. The standard InChI is InChI=1S/C23H28N2O3/c1-3-21(26)25(20-12-8-5-9-13-20)23(22(27)28-2)14-16-24(17-15-23)18-19-10-6-4-7-11-19/h4-13H,3,14-18H2,1-2H3. The molecule has 1 saturated heterocycles. The number of para-hydroxylation sites is 1. The summed E-state index contributed by atoms with van der Waals surface area (Å²) < 4.78 is 5.19. The number of ether oxygens (including phenoxy) is 1. The van der Waals surface area contributed by atoms with E-state index in [0.717, 1.165) is 25.3 Å². The van der Waals surface area contributed by atoms with Crippen LogP contribution in [0.5, 0.6) is 0 Å². The van der Waals surface area contributed by atoms with E-state index in [-0.39, 0.29) is 11.9 Å². The number of amides is 1. The maximum absolute atomic E-state index is 13.0. The fraction of sp³-hybridized carbons (Fsp3) is 0.391. The summed E-state index contributed by atoms with van der Waals surface area (Å²) in [5.41, 5.74) is 1.03. The fourth-order valence-electron chi connectivity index (χ4n) is 4.00. The average Bonchev–Trinajstić information content (AvgIpc) is 2.76. The van der Waals surface area contributed by atoms with Gasteiger partial charge in [0.1, 0.15) is 5.54 Å². The second-order valence-corrected chi connectivity index (χ2v) is 7.20. The molecule has 0 bridgehead atoms. The van der Waals surface area contributed by atoms with Crippen LogP contribution >= 0.6 is 0 Å². The molecule has 0 aliphatic carbocycles. The quantitative estimate of drug-likeness (QED) is 0.718. The molecule has 0 unspecified atom stereocenters. The summed E-state index contributed by atoms with van der Waals surface area (Å²) in [7, 11) is 1.40. The first-order chi connectivity index (χ1) is 13.6. The number of rotatable bonds is 6. The van der Waals surface area contributed by atoms with Gasteiger partial charge in [-0.3, -0.25) is 14.6 Å². The van der Waals surface area contributed by atoms with Crippen molar-refractivity contribution in [3.63, 3.8) is 0 Å². The van der Waals surface area contributed by atoms with E-state index >= 15 is 0 Å². The Balaban J connectivity index is 1.87. The van der Waals surface area contributed by atoms with Crippen molar-refractivity contribution in [1.82, 2.24) is 4.90 Å². The highest BCUT2D eigenvalue weighted by molar-refractivity contribution is 6.02. The number of carbonyl (C=O) groups is 2. The van der Waals surface area contributed by atoms with Gasteiger partial charge in [-0.2, -0.15) is 0 Å². The van der Waals surface area contributed by atoms with Crippen molar-refractivity contribution in [2.24, 2.45) is 0 Å². The Labute approximate surface area is 166 Å². The van der Waals surface area contributed by atoms with Crippen molar-refractivity contribution in [2.75, 3.05) is 25.1 Å². The summed E-state index contributed by atoms with van der Waals surface area (Å²) >= 11 is 0. The van der Waals surface area contributed by atoms with E-state index in [0.29, 0.717) is 19.3 Å². The van der Waals surface area contributed by atoms with E-state index in [4.69, 9.17) is 4.74 Å². The number of anilines is 1. The molecular formula is C23H28N2O3. The van der Waals surface area contributed by atoms with E-state index in [9.17, 15) is 9.59 Å². The zero-order valence-corrected chi connectivity index (χ0v) is 16.6. The van der Waals surface area contributed by atoms with Gasteiger partial charge in [0, 0.05) is 31.7 Å². The van der Waals surface area contributed by atoms with Crippen LogP contribution in [0.3, 0.4) is 0 Å². The van der Waals surface area contributed by atoms with Gasteiger partial charge in [0.2, 0.25) is 5.91 Å². The molecule has 1 heterocycles. The first-order valence-electron chi connectivity index (χ1n) is 9.83. The molecule has 0 N–H and O–H groups in total. The van der Waals surface area contributed by atoms with E-state index < -0.39 is 5.54 Å². The molecule has 2 aromatic carbocycles. The Hall–Kier alpha value is -2.66. The predicted octanol–water partition coefficient (Wildman–Crippen LogP) is 3.64. The number of methoxy groups -OCH3 is 1. The molecule has 0 saturated carbocycles. The third-order valence-corrected chi connectivity index (χ3v) is 5.49. The smallest absolute Gasteiger partial charge is 0.332 e. The molecule has 1 fully saturated rings. The minimum absolute atomic E-state index is 0.0619. The van der Waals surface area contributed by atoms with Crippen LogP contribution < -0.4 is 4.90 Å². The Kier molecular flexibility index (Phi) is 6.47. The van der Waals surface area contributed by atoms with Gasteiger partial charge >= 0.3 is 5.97 Å². The van der Waals surface area contributed by atoms with Crippen LogP contribution in [-0.4, -0.2) is 42.5 Å². The van der Waals surface area contributed by atoms with Crippen LogP contribution in [0.2, 0.25) is 0 Å². The van der Waals surface area contributed by atoms with Gasteiger partial charge in [0.05, 0.1) is 7.11 Å². The Morgan fingerprint density at radius 2 is 1.57 bits per heavy atom. The van der Waals surface area contributed by atoms with Gasteiger partial charge in [-0.05, 0) is 30.5 Å². The van der Waals surface area contributed by atoms with Crippen molar-refractivity contribution in [1.29, 1.82) is 0 Å². The topological polar surface area (TPSA) is 49.9 Å². The van der Waals surface area contributed by atoms with Crippen molar-refractivity contribution < 1.29 is 14.3 Å². The van der Waals surface area contributed by atoms with Gasteiger partial charge < -0.3 is 4.74 Å². The lowest BCUT2D eigenvalue weighted by atomic mass is 9.84. The molecule has 28 heavy (non-hydrogen) atoms. The van der Waals surface area contributed by atoms with Gasteiger partial charge in [0.25, 0.3) is 0 Å². The molecular weight excluding hydrogens is 352 g/mol. The summed E-state index contributed by atoms with van der Waals surface area (Å²) in [5.74, 6) is -0.398. The lowest BCUT2D eigenvalue weighted by molar-refractivity contribution is -0.151. The highest BCUT2D eigenvalue weighted by Crippen LogP contribution is 2.35. The second-order valence-electron chi connectivity index (χ2n) is 7.20. The molecule has 0 aromatic heterocycles. The first-order valence-corrected chi connectivity index (χ1v) is 9.83. The summed E-state index contributed by atoms with van der Waals surface area (Å²) in [4.78, 5) is 29.9. The van der Waals surface area contributed by atoms with Crippen molar-refractivity contribution in [3.8, 4) is 0 Å². The van der Waals surface area contributed by atoms with Gasteiger partial charge in [-0.25, -0.2) is 4.79 Å². The highest BCUT2D eigenvalue weighted by atomic mass is 16.5. The SMILES string of the molecule is CCC(=O)N(c1ccccc1)C1(C(=O)OC)CCN(Cc2ccccc2)CC1. The number of nitrogens with zero attached hydrogens (tertiary/aromatic N) is 2. The van der Waals surface area contributed by atoms with Gasteiger partial charge in [-0.15, -0.1) is 0 Å². The van der Waals surface area contributed by atoms with Crippen LogP contribution in [0.25, 0.3) is 0 Å². The minimum atomic E-state index is -0.962. The lowest BCUT2D eigenvalue weighted by Gasteiger charge is -2.46. The number of hydrogen-bond acceptors (Lipinski definition) is 4. The first kappa shape index (κ1) is 20.1. The predicted molar refractivity (Wildman–Crippen MR) is 110 cm³/mol. The van der Waals surface area contributed by atoms with Crippen LogP contribution in [0.15, 0.2) is 60.7 Å². The average molecular weight is 380 g/mol. The molecule has 0 atom stereocenters. The molecule has 5 nitrogen and oxygen atoms in total. The van der Waals surface area contributed by atoms with Gasteiger partial charge in [-0.1, -0.05) is 55.5 Å². The van der Waals surface area contributed by atoms with E-state index in [1.807, 2.05) is 55.5 Å². The molecule has 2 aromatic rings. The number of likely N-dealkylation sites (tertiary alicyclic amines) is 1. The molecule has 1 amide bonds. The number of carbonyl (C=O) groups excluding carboxylic acids is 2. The largest absolute Gasteiger partial charge is 0.467 e. The molecule has 5 heteroatoms. The fourth-order valence-corrected chi connectivity index (χ4v) is 4.00. The monoisotopic (exact) mass is 380 g/mol. The molecule has 0 radical (unpaired) electrons. The Morgan fingerprint density at radius 3 is 2.11 bits per heavy atom. The molecule has 148 valence electrons. The van der Waals surface area contributed by atoms with E-state index in [2.05, 4.69) is 17.0 Å². The van der Waals surface area contributed by atoms with Crippen molar-refractivity contribution in [2.45, 2.75) is 38.3 Å². The Morgan fingerprint density at radius 1 is 1.00 bits per heavy atom. The van der Waals surface area contributed by atoms with Crippen molar-refractivity contribution >= 4 is 17.6 Å². The number of benzene rings is 2.